The summed E-state index contributed by atoms with van der Waals surface area (Å²) in [5.41, 5.74) is 0.652. The van der Waals surface area contributed by atoms with Crippen LogP contribution in [0.2, 0.25) is 0 Å². The largest absolute Gasteiger partial charge is 0.465 e. The lowest BCUT2D eigenvalue weighted by molar-refractivity contribution is 0.0598. The molecule has 0 aromatic heterocycles. The molecule has 0 aliphatic heterocycles. The van der Waals surface area contributed by atoms with Crippen molar-refractivity contribution in [2.45, 2.75) is 0 Å². The summed E-state index contributed by atoms with van der Waals surface area (Å²) in [5.74, 6) is -0.488. The van der Waals surface area contributed by atoms with E-state index in [2.05, 4.69) is 17.4 Å². The third-order valence-corrected chi connectivity index (χ3v) is 1.49. The number of thiol groups is 1. The highest BCUT2D eigenvalue weighted by Gasteiger charge is 2.08. The maximum atomic E-state index is 11.0. The third kappa shape index (κ3) is 3.22. The van der Waals surface area contributed by atoms with Gasteiger partial charge in [0.25, 0.3) is 0 Å². The fourth-order valence-electron chi connectivity index (χ4n) is 0.896. The Morgan fingerprint density at radius 1 is 1.36 bits per heavy atom. The number of esters is 1. The van der Waals surface area contributed by atoms with E-state index in [9.17, 15) is 9.59 Å². The zero-order valence-electron chi connectivity index (χ0n) is 8.06. The summed E-state index contributed by atoms with van der Waals surface area (Å²) in [5, 5.41) is 0. The Bertz CT molecular complexity index is 310. The molecule has 1 aromatic rings. The number of hydrogen-bond acceptors (Lipinski definition) is 4. The minimum Gasteiger partial charge on any atom is -0.465 e. The Kier molecular flexibility index (Phi) is 6.49. The summed E-state index contributed by atoms with van der Waals surface area (Å²) in [6.45, 7) is 0. The molecule has 0 amide bonds. The van der Waals surface area contributed by atoms with Gasteiger partial charge in [0.05, 0.1) is 12.7 Å². The number of benzene rings is 1. The molecule has 0 saturated heterocycles. The van der Waals surface area contributed by atoms with Crippen LogP contribution in [-0.2, 0) is 4.74 Å². The summed E-state index contributed by atoms with van der Waals surface area (Å²) in [6.07, 6.45) is 2.33. The van der Waals surface area contributed by atoms with Crippen molar-refractivity contribution in [3.05, 3.63) is 35.4 Å². The fraction of sp³-hybridized carbons (Fsp3) is 0.200. The van der Waals surface area contributed by atoms with E-state index in [0.717, 1.165) is 0 Å². The van der Waals surface area contributed by atoms with E-state index in [1.54, 1.807) is 30.5 Å². The van der Waals surface area contributed by atoms with Gasteiger partial charge in [0, 0.05) is 5.56 Å². The molecule has 76 valence electrons. The second-order valence-corrected chi connectivity index (χ2v) is 2.20. The Balaban J connectivity index is 0.000000791. The maximum Gasteiger partial charge on any atom is 0.338 e. The highest BCUT2D eigenvalue weighted by Crippen LogP contribution is 2.06. The normalized spacial score (nSPS) is 8.21. The Morgan fingerprint density at radius 3 is 2.43 bits per heavy atom. The first-order valence-electron chi connectivity index (χ1n) is 3.87. The summed E-state index contributed by atoms with van der Waals surface area (Å²) < 4.78 is 4.48. The summed E-state index contributed by atoms with van der Waals surface area (Å²) >= 11 is 3.53. The van der Waals surface area contributed by atoms with Crippen molar-refractivity contribution in [3.63, 3.8) is 0 Å². The van der Waals surface area contributed by atoms with Crippen LogP contribution in [0.1, 0.15) is 20.7 Å². The van der Waals surface area contributed by atoms with Crippen LogP contribution in [0.3, 0.4) is 0 Å². The predicted molar refractivity (Wildman–Crippen MR) is 58.1 cm³/mol. The van der Waals surface area contributed by atoms with Crippen LogP contribution in [0.4, 0.5) is 0 Å². The molecule has 1 rings (SSSR count). The highest BCUT2D eigenvalue weighted by molar-refractivity contribution is 7.79. The average molecular weight is 212 g/mol. The van der Waals surface area contributed by atoms with Crippen molar-refractivity contribution in [1.82, 2.24) is 0 Å². The minimum atomic E-state index is -0.488. The number of carbonyl (C=O) groups is 2. The molecule has 0 aliphatic rings. The quantitative estimate of drug-likeness (QED) is 0.462. The molecule has 0 unspecified atom stereocenters. The second kappa shape index (κ2) is 7.15. The smallest absolute Gasteiger partial charge is 0.338 e. The lowest BCUT2D eigenvalue weighted by Gasteiger charge is -2.00. The van der Waals surface area contributed by atoms with E-state index in [1.165, 1.54) is 7.11 Å². The minimum absolute atomic E-state index is 0.301. The van der Waals surface area contributed by atoms with Crippen molar-refractivity contribution in [2.75, 3.05) is 13.4 Å². The van der Waals surface area contributed by atoms with Crippen molar-refractivity contribution in [1.29, 1.82) is 0 Å². The van der Waals surface area contributed by atoms with Crippen LogP contribution in [0, 0.1) is 0 Å². The van der Waals surface area contributed by atoms with Crippen LogP contribution >= 0.6 is 12.6 Å². The number of aldehydes is 1. The van der Waals surface area contributed by atoms with Gasteiger partial charge in [0.15, 0.2) is 6.29 Å². The topological polar surface area (TPSA) is 43.4 Å². The number of carbonyl (C=O) groups excluding carboxylic acids is 2. The first kappa shape index (κ1) is 12.7. The third-order valence-electron chi connectivity index (χ3n) is 1.49. The predicted octanol–water partition coefficient (Wildman–Crippen LogP) is 1.83. The van der Waals surface area contributed by atoms with Crippen LogP contribution in [0.25, 0.3) is 0 Å². The van der Waals surface area contributed by atoms with Gasteiger partial charge in [-0.25, -0.2) is 4.79 Å². The van der Waals surface area contributed by atoms with Crippen LogP contribution in [0.5, 0.6) is 0 Å². The van der Waals surface area contributed by atoms with Gasteiger partial charge in [0.2, 0.25) is 0 Å². The van der Waals surface area contributed by atoms with E-state index < -0.39 is 5.97 Å². The van der Waals surface area contributed by atoms with Gasteiger partial charge >= 0.3 is 5.97 Å². The molecule has 0 heterocycles. The van der Waals surface area contributed by atoms with Crippen LogP contribution in [0.15, 0.2) is 24.3 Å². The van der Waals surface area contributed by atoms with E-state index in [4.69, 9.17) is 0 Å². The lowest BCUT2D eigenvalue weighted by atomic mass is 10.1. The van der Waals surface area contributed by atoms with Crippen molar-refractivity contribution in [2.24, 2.45) is 0 Å². The molecule has 14 heavy (non-hydrogen) atoms. The highest BCUT2D eigenvalue weighted by atomic mass is 32.1. The van der Waals surface area contributed by atoms with Gasteiger partial charge in [-0.2, -0.15) is 12.6 Å². The van der Waals surface area contributed by atoms with Gasteiger partial charge in [-0.1, -0.05) is 18.2 Å². The molecule has 0 saturated carbocycles. The zero-order valence-corrected chi connectivity index (χ0v) is 8.95. The molecule has 0 bridgehead atoms. The fourth-order valence-corrected chi connectivity index (χ4v) is 0.896. The molecule has 1 aromatic carbocycles. The van der Waals surface area contributed by atoms with Gasteiger partial charge in [-0.3, -0.25) is 4.79 Å². The van der Waals surface area contributed by atoms with Gasteiger partial charge in [-0.05, 0) is 12.3 Å². The van der Waals surface area contributed by atoms with Gasteiger partial charge < -0.3 is 4.74 Å². The van der Waals surface area contributed by atoms with Gasteiger partial charge in [0.1, 0.15) is 0 Å². The molecular weight excluding hydrogens is 200 g/mol. The molecule has 4 heteroatoms. The number of hydrogen-bond donors (Lipinski definition) is 1. The Hall–Kier alpha value is -1.29. The molecule has 0 aliphatic carbocycles. The van der Waals surface area contributed by atoms with Crippen molar-refractivity contribution < 1.29 is 14.3 Å². The van der Waals surface area contributed by atoms with Gasteiger partial charge in [-0.15, -0.1) is 0 Å². The lowest BCUT2D eigenvalue weighted by Crippen LogP contribution is -2.04. The molecule has 0 fully saturated rings. The Labute approximate surface area is 88.5 Å². The van der Waals surface area contributed by atoms with E-state index >= 15 is 0 Å². The SMILES string of the molecule is COC(=O)c1ccccc1C=O.CS. The Morgan fingerprint density at radius 2 is 1.93 bits per heavy atom. The number of ether oxygens (including phenoxy) is 1. The zero-order chi connectivity index (χ0) is 11.0. The standard InChI is InChI=1S/C9H8O3.CH4S/c1-12-9(11)8-5-3-2-4-7(8)6-10;1-2/h2-6H,1H3;2H,1H3. The number of rotatable bonds is 2. The molecule has 0 N–H and O–H groups in total. The average Bonchev–Trinajstić information content (AvgIpc) is 2.30. The van der Waals surface area contributed by atoms with E-state index in [-0.39, 0.29) is 0 Å². The molecule has 3 nitrogen and oxygen atoms in total. The molecule has 0 radical (unpaired) electrons. The summed E-state index contributed by atoms with van der Waals surface area (Å²) in [7, 11) is 1.28. The summed E-state index contributed by atoms with van der Waals surface area (Å²) in [4.78, 5) is 21.5. The maximum absolute atomic E-state index is 11.0. The first-order valence-corrected chi connectivity index (χ1v) is 4.76. The van der Waals surface area contributed by atoms with Crippen molar-refractivity contribution in [3.8, 4) is 0 Å². The number of methoxy groups -OCH3 is 1. The molecule has 0 atom stereocenters. The van der Waals surface area contributed by atoms with E-state index in [1.807, 2.05) is 0 Å². The monoisotopic (exact) mass is 212 g/mol. The van der Waals surface area contributed by atoms with Crippen LogP contribution in [-0.4, -0.2) is 25.6 Å². The van der Waals surface area contributed by atoms with Crippen molar-refractivity contribution >= 4 is 24.9 Å². The first-order chi connectivity index (χ1) is 6.79. The molecule has 0 spiro atoms. The second-order valence-electron chi connectivity index (χ2n) is 2.20. The molecular formula is C10H12O3S. The van der Waals surface area contributed by atoms with Crippen LogP contribution < -0.4 is 0 Å². The van der Waals surface area contributed by atoms with E-state index in [0.29, 0.717) is 17.4 Å². The summed E-state index contributed by atoms with van der Waals surface area (Å²) in [6, 6.07) is 6.49.